The highest BCUT2D eigenvalue weighted by Crippen LogP contribution is 2.39. The smallest absolute Gasteiger partial charge is 0.453 e. The van der Waals surface area contributed by atoms with Gasteiger partial charge in [-0.2, -0.15) is 13.2 Å². The Bertz CT molecular complexity index is 1360. The second-order valence-corrected chi connectivity index (χ2v) is 7.76. The molecule has 4 rings (SSSR count). The van der Waals surface area contributed by atoms with Crippen molar-refractivity contribution < 1.29 is 27.1 Å². The number of para-hydroxylation sites is 1. The first-order chi connectivity index (χ1) is 15.8. The maximum atomic E-state index is 13.7. The molecule has 8 heteroatoms. The molecule has 0 fully saturated rings. The Balaban J connectivity index is 1.65. The predicted molar refractivity (Wildman–Crippen MR) is 123 cm³/mol. The topological polar surface area (TPSA) is 48.7 Å². The number of hydrogen-bond donors (Lipinski definition) is 0. The summed E-state index contributed by atoms with van der Waals surface area (Å²) < 4.78 is 57.5. The van der Waals surface area contributed by atoms with Gasteiger partial charge in [0.2, 0.25) is 11.2 Å². The van der Waals surface area contributed by atoms with E-state index in [9.17, 15) is 18.0 Å². The molecule has 0 saturated carbocycles. The zero-order chi connectivity index (χ0) is 23.4. The van der Waals surface area contributed by atoms with Gasteiger partial charge in [-0.05, 0) is 51.8 Å². The third-order valence-corrected chi connectivity index (χ3v) is 5.24. The van der Waals surface area contributed by atoms with Gasteiger partial charge >= 0.3 is 6.18 Å². The number of rotatable bonds is 6. The zero-order valence-electron chi connectivity index (χ0n) is 16.9. The number of hydrogen-bond acceptors (Lipinski definition) is 4. The molecule has 1 aromatic heterocycles. The highest BCUT2D eigenvalue weighted by molar-refractivity contribution is 9.10. The van der Waals surface area contributed by atoms with Crippen molar-refractivity contribution >= 4 is 33.0 Å². The molecule has 0 spiro atoms. The number of ether oxygens (including phenoxy) is 2. The number of alkyl halides is 3. The third-order valence-electron chi connectivity index (χ3n) is 4.58. The van der Waals surface area contributed by atoms with Crippen LogP contribution in [0.5, 0.6) is 17.2 Å². The van der Waals surface area contributed by atoms with E-state index >= 15 is 0 Å². The molecule has 0 aliphatic carbocycles. The molecule has 4 aromatic rings. The van der Waals surface area contributed by atoms with Gasteiger partial charge in [0.15, 0.2) is 0 Å². The first-order valence-corrected chi connectivity index (χ1v) is 10.6. The van der Waals surface area contributed by atoms with Gasteiger partial charge in [0.1, 0.15) is 23.7 Å². The molecule has 168 valence electrons. The quantitative estimate of drug-likeness (QED) is 0.267. The van der Waals surface area contributed by atoms with Crippen LogP contribution in [0.25, 0.3) is 17.0 Å². The average molecular weight is 517 g/mol. The monoisotopic (exact) mass is 516 g/mol. The van der Waals surface area contributed by atoms with E-state index in [2.05, 4.69) is 15.9 Å². The lowest BCUT2D eigenvalue weighted by Crippen LogP contribution is -2.15. The number of benzene rings is 3. The molecule has 0 unspecified atom stereocenters. The first-order valence-electron chi connectivity index (χ1n) is 9.78. The van der Waals surface area contributed by atoms with Crippen molar-refractivity contribution in [2.75, 3.05) is 6.61 Å². The number of halogens is 4. The van der Waals surface area contributed by atoms with Gasteiger partial charge < -0.3 is 13.9 Å². The van der Waals surface area contributed by atoms with E-state index in [1.807, 2.05) is 36.4 Å². The van der Waals surface area contributed by atoms with Gasteiger partial charge in [0.25, 0.3) is 5.76 Å². The summed E-state index contributed by atoms with van der Waals surface area (Å²) in [7, 11) is 0. The van der Waals surface area contributed by atoms with E-state index in [-0.39, 0.29) is 29.1 Å². The van der Waals surface area contributed by atoms with Crippen LogP contribution in [0.4, 0.5) is 13.2 Å². The van der Waals surface area contributed by atoms with Gasteiger partial charge in [0.05, 0.1) is 9.86 Å². The maximum Gasteiger partial charge on any atom is 0.453 e. The van der Waals surface area contributed by atoms with E-state index in [0.717, 1.165) is 5.56 Å². The molecule has 0 N–H and O–H groups in total. The summed E-state index contributed by atoms with van der Waals surface area (Å²) in [4.78, 5) is 12.9. The maximum absolute atomic E-state index is 13.7. The van der Waals surface area contributed by atoms with Crippen molar-refractivity contribution in [3.05, 3.63) is 105 Å². The van der Waals surface area contributed by atoms with Crippen molar-refractivity contribution in [2.24, 2.45) is 0 Å². The summed E-state index contributed by atoms with van der Waals surface area (Å²) >= 11 is 3.20. The lowest BCUT2D eigenvalue weighted by molar-refractivity contribution is -0.154. The van der Waals surface area contributed by atoms with Crippen molar-refractivity contribution in [2.45, 2.75) is 6.18 Å². The van der Waals surface area contributed by atoms with E-state index in [4.69, 9.17) is 13.9 Å². The molecule has 0 radical (unpaired) electrons. The van der Waals surface area contributed by atoms with Gasteiger partial charge in [-0.3, -0.25) is 4.79 Å². The van der Waals surface area contributed by atoms with Crippen molar-refractivity contribution in [3.63, 3.8) is 0 Å². The van der Waals surface area contributed by atoms with E-state index < -0.39 is 23.1 Å². The fourth-order valence-corrected chi connectivity index (χ4v) is 3.42. The minimum Gasteiger partial charge on any atom is -0.489 e. The summed E-state index contributed by atoms with van der Waals surface area (Å²) in [5.74, 6) is -2.13. The Labute approximate surface area is 195 Å². The van der Waals surface area contributed by atoms with Crippen LogP contribution in [0.2, 0.25) is 0 Å². The fraction of sp³-hybridized carbons (Fsp3) is 0.0800. The van der Waals surface area contributed by atoms with Crippen molar-refractivity contribution in [1.29, 1.82) is 0 Å². The molecule has 0 amide bonds. The minimum atomic E-state index is -4.95. The van der Waals surface area contributed by atoms with Crippen molar-refractivity contribution in [3.8, 4) is 17.2 Å². The van der Waals surface area contributed by atoms with Crippen molar-refractivity contribution in [1.82, 2.24) is 0 Å². The van der Waals surface area contributed by atoms with Gasteiger partial charge in [-0.25, -0.2) is 0 Å². The van der Waals surface area contributed by atoms with Gasteiger partial charge in [0, 0.05) is 6.07 Å². The summed E-state index contributed by atoms with van der Waals surface area (Å²) in [6, 6.07) is 19.9. The van der Waals surface area contributed by atoms with E-state index in [1.165, 1.54) is 24.3 Å². The van der Waals surface area contributed by atoms with Crippen LogP contribution >= 0.6 is 15.9 Å². The van der Waals surface area contributed by atoms with Crippen LogP contribution in [0.3, 0.4) is 0 Å². The number of fused-ring (bicyclic) bond motifs is 1. The summed E-state index contributed by atoms with van der Waals surface area (Å²) in [6.45, 7) is 0.181. The molecular weight excluding hydrogens is 501 g/mol. The second-order valence-electron chi connectivity index (χ2n) is 6.90. The summed E-state index contributed by atoms with van der Waals surface area (Å²) in [5, 5.41) is -0.0581. The molecule has 0 saturated heterocycles. The molecule has 0 aliphatic heterocycles. The Morgan fingerprint density at radius 2 is 1.70 bits per heavy atom. The standard InChI is InChI=1S/C25H16BrF3O4/c26-19-10-4-5-11-20(19)32-23-22(30)18-13-12-17(15-21(18)33-24(23)25(27,28)29)31-14-6-9-16-7-2-1-3-8-16/h1-13,15H,14H2/b9-6+. The Morgan fingerprint density at radius 1 is 0.970 bits per heavy atom. The highest BCUT2D eigenvalue weighted by atomic mass is 79.9. The van der Waals surface area contributed by atoms with E-state index in [1.54, 1.807) is 24.3 Å². The largest absolute Gasteiger partial charge is 0.489 e. The summed E-state index contributed by atoms with van der Waals surface area (Å²) in [5.41, 5.74) is -0.204. The molecule has 4 nitrogen and oxygen atoms in total. The Morgan fingerprint density at radius 3 is 2.42 bits per heavy atom. The summed E-state index contributed by atoms with van der Waals surface area (Å²) in [6.07, 6.45) is -1.32. The SMILES string of the molecule is O=c1c(Oc2ccccc2Br)c(C(F)(F)F)oc2cc(OC/C=C/c3ccccc3)ccc12. The second kappa shape index (κ2) is 9.54. The van der Waals surface area contributed by atoms with E-state index in [0.29, 0.717) is 4.47 Å². The van der Waals surface area contributed by atoms with Crippen LogP contribution in [0.1, 0.15) is 11.3 Å². The molecule has 0 atom stereocenters. The van der Waals surface area contributed by atoms with Crippen LogP contribution in [-0.4, -0.2) is 6.61 Å². The molecular formula is C25H16BrF3O4. The third kappa shape index (κ3) is 5.28. The first kappa shape index (κ1) is 22.7. The van der Waals surface area contributed by atoms with Gasteiger partial charge in [-0.15, -0.1) is 0 Å². The van der Waals surface area contributed by atoms with Gasteiger partial charge in [-0.1, -0.05) is 48.5 Å². The van der Waals surface area contributed by atoms with Crippen LogP contribution in [0.15, 0.2) is 92.6 Å². The van der Waals surface area contributed by atoms with Crippen LogP contribution < -0.4 is 14.9 Å². The Hall–Kier alpha value is -3.52. The lowest BCUT2D eigenvalue weighted by atomic mass is 10.2. The Kier molecular flexibility index (Phi) is 6.55. The minimum absolute atomic E-state index is 0.0554. The van der Waals surface area contributed by atoms with Crippen LogP contribution in [0, 0.1) is 0 Å². The molecule has 3 aromatic carbocycles. The molecule has 33 heavy (non-hydrogen) atoms. The highest BCUT2D eigenvalue weighted by Gasteiger charge is 2.40. The zero-order valence-corrected chi connectivity index (χ0v) is 18.5. The molecule has 0 bridgehead atoms. The molecule has 1 heterocycles. The predicted octanol–water partition coefficient (Wildman–Crippen LogP) is 7.46. The lowest BCUT2D eigenvalue weighted by Gasteiger charge is -2.14. The fourth-order valence-electron chi connectivity index (χ4n) is 3.06. The normalized spacial score (nSPS) is 11.8. The van der Waals surface area contributed by atoms with Crippen LogP contribution in [-0.2, 0) is 6.18 Å². The average Bonchev–Trinajstić information content (AvgIpc) is 2.79. The molecule has 0 aliphatic rings.